The lowest BCUT2D eigenvalue weighted by Crippen LogP contribution is -2.29. The predicted octanol–water partition coefficient (Wildman–Crippen LogP) is 1.31. The SMILES string of the molecule is CCOC(c1nc2c(c(C(=O)O)n1)CCNC2)C1CC1. The highest BCUT2D eigenvalue weighted by atomic mass is 16.5. The second kappa shape index (κ2) is 5.46. The van der Waals surface area contributed by atoms with Gasteiger partial charge < -0.3 is 15.2 Å². The highest BCUT2D eigenvalue weighted by molar-refractivity contribution is 5.87. The molecule has 2 heterocycles. The van der Waals surface area contributed by atoms with Gasteiger partial charge in [0.05, 0.1) is 5.69 Å². The molecular formula is C14H19N3O3. The molecule has 1 aromatic heterocycles. The Morgan fingerprint density at radius 1 is 1.50 bits per heavy atom. The van der Waals surface area contributed by atoms with Gasteiger partial charge in [-0.05, 0) is 38.6 Å². The van der Waals surface area contributed by atoms with Gasteiger partial charge in [0, 0.05) is 18.7 Å². The third kappa shape index (κ3) is 2.53. The summed E-state index contributed by atoms with van der Waals surface area (Å²) in [5, 5.41) is 12.6. The fourth-order valence-electron chi connectivity index (χ4n) is 2.68. The van der Waals surface area contributed by atoms with E-state index in [1.807, 2.05) is 6.92 Å². The smallest absolute Gasteiger partial charge is 0.354 e. The monoisotopic (exact) mass is 277 g/mol. The first-order valence-corrected chi connectivity index (χ1v) is 7.16. The van der Waals surface area contributed by atoms with Crippen LogP contribution in [0.3, 0.4) is 0 Å². The van der Waals surface area contributed by atoms with Gasteiger partial charge >= 0.3 is 5.97 Å². The predicted molar refractivity (Wildman–Crippen MR) is 71.5 cm³/mol. The third-order valence-electron chi connectivity index (χ3n) is 3.81. The van der Waals surface area contributed by atoms with Crippen molar-refractivity contribution in [1.82, 2.24) is 15.3 Å². The van der Waals surface area contributed by atoms with E-state index < -0.39 is 5.97 Å². The third-order valence-corrected chi connectivity index (χ3v) is 3.81. The lowest BCUT2D eigenvalue weighted by molar-refractivity contribution is 0.0393. The van der Waals surface area contributed by atoms with Crippen LogP contribution in [0, 0.1) is 5.92 Å². The van der Waals surface area contributed by atoms with Gasteiger partial charge in [0.15, 0.2) is 11.5 Å². The van der Waals surface area contributed by atoms with E-state index in [9.17, 15) is 9.90 Å². The van der Waals surface area contributed by atoms with E-state index in [4.69, 9.17) is 4.74 Å². The van der Waals surface area contributed by atoms with Crippen LogP contribution in [0.5, 0.6) is 0 Å². The summed E-state index contributed by atoms with van der Waals surface area (Å²) in [6.45, 7) is 3.90. The second-order valence-electron chi connectivity index (χ2n) is 5.30. The van der Waals surface area contributed by atoms with Gasteiger partial charge in [-0.25, -0.2) is 14.8 Å². The first kappa shape index (κ1) is 13.5. The molecule has 1 atom stereocenters. The molecule has 6 heteroatoms. The Morgan fingerprint density at radius 2 is 2.30 bits per heavy atom. The highest BCUT2D eigenvalue weighted by Crippen LogP contribution is 2.42. The number of carboxylic acid groups (broad SMARTS) is 1. The van der Waals surface area contributed by atoms with E-state index in [-0.39, 0.29) is 11.8 Å². The molecule has 2 N–H and O–H groups in total. The van der Waals surface area contributed by atoms with E-state index in [2.05, 4.69) is 15.3 Å². The maximum atomic E-state index is 11.4. The summed E-state index contributed by atoms with van der Waals surface area (Å²) in [4.78, 5) is 20.3. The minimum atomic E-state index is -0.974. The van der Waals surface area contributed by atoms with Crippen LogP contribution >= 0.6 is 0 Å². The quantitative estimate of drug-likeness (QED) is 0.844. The number of rotatable bonds is 5. The van der Waals surface area contributed by atoms with Crippen LogP contribution in [-0.4, -0.2) is 34.2 Å². The molecule has 108 valence electrons. The van der Waals surface area contributed by atoms with Crippen molar-refractivity contribution in [2.24, 2.45) is 5.92 Å². The van der Waals surface area contributed by atoms with Gasteiger partial charge in [0.25, 0.3) is 0 Å². The first-order valence-electron chi connectivity index (χ1n) is 7.16. The van der Waals surface area contributed by atoms with Crippen LogP contribution in [0.2, 0.25) is 0 Å². The van der Waals surface area contributed by atoms with Crippen LogP contribution < -0.4 is 5.32 Å². The van der Waals surface area contributed by atoms with Gasteiger partial charge in [-0.3, -0.25) is 0 Å². The summed E-state index contributed by atoms with van der Waals surface area (Å²) < 4.78 is 5.74. The molecule has 1 saturated carbocycles. The Bertz CT molecular complexity index is 529. The molecule has 6 nitrogen and oxygen atoms in total. The Balaban J connectivity index is 2.02. The molecule has 20 heavy (non-hydrogen) atoms. The number of aromatic nitrogens is 2. The number of ether oxygens (including phenoxy) is 1. The van der Waals surface area contributed by atoms with Crippen molar-refractivity contribution in [3.63, 3.8) is 0 Å². The number of nitrogens with one attached hydrogen (secondary N) is 1. The van der Waals surface area contributed by atoms with Gasteiger partial charge in [0.1, 0.15) is 6.10 Å². The topological polar surface area (TPSA) is 84.3 Å². The Morgan fingerprint density at radius 3 is 2.95 bits per heavy atom. The van der Waals surface area contributed by atoms with Crippen molar-refractivity contribution in [1.29, 1.82) is 0 Å². The number of hydrogen-bond acceptors (Lipinski definition) is 5. The zero-order chi connectivity index (χ0) is 14.1. The molecule has 0 bridgehead atoms. The Kier molecular flexibility index (Phi) is 3.67. The van der Waals surface area contributed by atoms with Crippen molar-refractivity contribution in [3.05, 3.63) is 22.8 Å². The summed E-state index contributed by atoms with van der Waals surface area (Å²) >= 11 is 0. The lowest BCUT2D eigenvalue weighted by Gasteiger charge is -2.21. The van der Waals surface area contributed by atoms with Crippen molar-refractivity contribution in [3.8, 4) is 0 Å². The number of nitrogens with zero attached hydrogens (tertiary/aromatic N) is 2. The number of carboxylic acids is 1. The van der Waals surface area contributed by atoms with Gasteiger partial charge in [-0.1, -0.05) is 0 Å². The van der Waals surface area contributed by atoms with Crippen LogP contribution in [-0.2, 0) is 17.7 Å². The molecular weight excluding hydrogens is 258 g/mol. The first-order chi connectivity index (χ1) is 9.70. The molecule has 0 radical (unpaired) electrons. The van der Waals surface area contributed by atoms with Gasteiger partial charge in [0.2, 0.25) is 0 Å². The number of hydrogen-bond donors (Lipinski definition) is 2. The summed E-state index contributed by atoms with van der Waals surface area (Å²) in [5.41, 5.74) is 1.73. The number of aromatic carboxylic acids is 1. The molecule has 0 amide bonds. The van der Waals surface area contributed by atoms with Crippen molar-refractivity contribution < 1.29 is 14.6 Å². The average Bonchev–Trinajstić information content (AvgIpc) is 3.28. The normalized spacial score (nSPS) is 19.4. The molecule has 1 fully saturated rings. The largest absolute Gasteiger partial charge is 0.477 e. The Hall–Kier alpha value is -1.53. The fourth-order valence-corrected chi connectivity index (χ4v) is 2.68. The standard InChI is InChI=1S/C14H19N3O3/c1-2-20-12(8-3-4-8)13-16-10-7-15-6-5-9(10)11(17-13)14(18)19/h8,12,15H,2-7H2,1H3,(H,18,19). The molecule has 0 spiro atoms. The summed E-state index contributed by atoms with van der Waals surface area (Å²) in [6.07, 6.45) is 2.71. The van der Waals surface area contributed by atoms with E-state index in [1.54, 1.807) is 0 Å². The van der Waals surface area contributed by atoms with Crippen LogP contribution in [0.25, 0.3) is 0 Å². The molecule has 3 rings (SSSR count). The molecule has 2 aliphatic rings. The van der Waals surface area contributed by atoms with Gasteiger partial charge in [-0.15, -0.1) is 0 Å². The minimum absolute atomic E-state index is 0.150. The van der Waals surface area contributed by atoms with E-state index in [0.29, 0.717) is 31.3 Å². The summed E-state index contributed by atoms with van der Waals surface area (Å²) in [6, 6.07) is 0. The zero-order valence-electron chi connectivity index (χ0n) is 11.6. The fraction of sp³-hybridized carbons (Fsp3) is 0.643. The molecule has 0 saturated heterocycles. The summed E-state index contributed by atoms with van der Waals surface area (Å²) in [5.74, 6) is -0.00163. The maximum absolute atomic E-state index is 11.4. The van der Waals surface area contributed by atoms with Crippen LogP contribution in [0.4, 0.5) is 0 Å². The van der Waals surface area contributed by atoms with Crippen LogP contribution in [0.15, 0.2) is 0 Å². The van der Waals surface area contributed by atoms with Crippen molar-refractivity contribution in [2.75, 3.05) is 13.2 Å². The van der Waals surface area contributed by atoms with Gasteiger partial charge in [-0.2, -0.15) is 0 Å². The van der Waals surface area contributed by atoms with E-state index in [1.165, 1.54) is 0 Å². The second-order valence-corrected chi connectivity index (χ2v) is 5.30. The molecule has 1 unspecified atom stereocenters. The van der Waals surface area contributed by atoms with Crippen LogP contribution in [0.1, 0.15) is 53.4 Å². The maximum Gasteiger partial charge on any atom is 0.354 e. The molecule has 1 aliphatic heterocycles. The highest BCUT2D eigenvalue weighted by Gasteiger charge is 2.36. The minimum Gasteiger partial charge on any atom is -0.477 e. The average molecular weight is 277 g/mol. The summed E-state index contributed by atoms with van der Waals surface area (Å²) in [7, 11) is 0. The molecule has 1 aromatic rings. The zero-order valence-corrected chi connectivity index (χ0v) is 11.6. The van der Waals surface area contributed by atoms with E-state index >= 15 is 0 Å². The van der Waals surface area contributed by atoms with Crippen molar-refractivity contribution >= 4 is 5.97 Å². The molecule has 1 aliphatic carbocycles. The number of carbonyl (C=O) groups is 1. The van der Waals surface area contributed by atoms with E-state index in [0.717, 1.165) is 30.6 Å². The lowest BCUT2D eigenvalue weighted by atomic mass is 10.0. The van der Waals surface area contributed by atoms with Crippen molar-refractivity contribution in [2.45, 2.75) is 38.8 Å². The molecule has 0 aromatic carbocycles. The number of fused-ring (bicyclic) bond motifs is 1. The Labute approximate surface area is 117 Å².